The molecule has 3 heteroatoms. The molecule has 68 valence electrons. The Bertz CT molecular complexity index is 172. The van der Waals surface area contributed by atoms with E-state index in [4.69, 9.17) is 11.5 Å². The van der Waals surface area contributed by atoms with E-state index in [0.29, 0.717) is 18.9 Å². The smallest absolute Gasteiger partial charge is 0.232 e. The fraction of sp³-hybridized carbons (Fsp3) is 0.667. The van der Waals surface area contributed by atoms with Crippen LogP contribution in [0.3, 0.4) is 0 Å². The summed E-state index contributed by atoms with van der Waals surface area (Å²) in [6.45, 7) is 2.71. The molecule has 0 rings (SSSR count). The Kier molecular flexibility index (Phi) is 6.12. The van der Waals surface area contributed by atoms with Gasteiger partial charge in [0.1, 0.15) is 0 Å². The van der Waals surface area contributed by atoms with Crippen LogP contribution in [0, 0.1) is 18.3 Å². The van der Waals surface area contributed by atoms with Crippen LogP contribution in [-0.4, -0.2) is 24.2 Å². The summed E-state index contributed by atoms with van der Waals surface area (Å²) in [6.07, 6.45) is 5.78. The van der Waals surface area contributed by atoms with Gasteiger partial charge in [-0.15, -0.1) is 6.42 Å². The highest BCUT2D eigenvalue weighted by atomic mass is 16.3. The number of terminal acetylenes is 1. The molecule has 0 spiro atoms. The molecule has 0 aromatic heterocycles. The zero-order chi connectivity index (χ0) is 9.40. The van der Waals surface area contributed by atoms with Gasteiger partial charge in [0.2, 0.25) is 5.91 Å². The van der Waals surface area contributed by atoms with E-state index in [9.17, 15) is 4.79 Å². The lowest BCUT2D eigenvalue weighted by Crippen LogP contribution is -2.28. The van der Waals surface area contributed by atoms with E-state index in [1.54, 1.807) is 0 Å². The van der Waals surface area contributed by atoms with E-state index >= 15 is 0 Å². The lowest BCUT2D eigenvalue weighted by Gasteiger charge is -2.09. The number of hydrogen-bond acceptors (Lipinski definition) is 2. The van der Waals surface area contributed by atoms with Crippen LogP contribution in [0.25, 0.3) is 0 Å². The number of aliphatic hydroxyl groups excluding tert-OH is 1. The van der Waals surface area contributed by atoms with E-state index in [1.807, 2.05) is 6.92 Å². The van der Waals surface area contributed by atoms with Crippen molar-refractivity contribution in [1.29, 1.82) is 0 Å². The fourth-order valence-corrected chi connectivity index (χ4v) is 0.766. The van der Waals surface area contributed by atoms with Crippen LogP contribution < -0.4 is 5.32 Å². The Morgan fingerprint density at radius 2 is 2.42 bits per heavy atom. The van der Waals surface area contributed by atoms with Crippen molar-refractivity contribution in [1.82, 2.24) is 5.32 Å². The summed E-state index contributed by atoms with van der Waals surface area (Å²) in [7, 11) is 0. The first-order chi connectivity index (χ1) is 5.70. The van der Waals surface area contributed by atoms with Gasteiger partial charge in [-0.05, 0) is 12.3 Å². The standard InChI is InChI=1S/C9H15NO2/c1-3-4-9(12)10-7-8(2)5-6-11/h1,8,11H,4-7H2,2H3,(H,10,12). The summed E-state index contributed by atoms with van der Waals surface area (Å²) in [5.74, 6) is 2.44. The first kappa shape index (κ1) is 11.0. The third kappa shape index (κ3) is 5.75. The van der Waals surface area contributed by atoms with Gasteiger partial charge in [0, 0.05) is 13.2 Å². The highest BCUT2D eigenvalue weighted by Gasteiger charge is 2.02. The average molecular weight is 169 g/mol. The van der Waals surface area contributed by atoms with E-state index < -0.39 is 0 Å². The maximum atomic E-state index is 10.8. The molecule has 3 nitrogen and oxygen atoms in total. The fourth-order valence-electron chi connectivity index (χ4n) is 0.766. The third-order valence-electron chi connectivity index (χ3n) is 1.53. The molecule has 1 unspecified atom stereocenters. The summed E-state index contributed by atoms with van der Waals surface area (Å²) >= 11 is 0. The zero-order valence-electron chi connectivity index (χ0n) is 7.34. The van der Waals surface area contributed by atoms with Crippen LogP contribution in [0.1, 0.15) is 19.8 Å². The van der Waals surface area contributed by atoms with Crippen molar-refractivity contribution in [2.45, 2.75) is 19.8 Å². The third-order valence-corrected chi connectivity index (χ3v) is 1.53. The molecule has 0 saturated carbocycles. The van der Waals surface area contributed by atoms with Gasteiger partial charge in [-0.2, -0.15) is 0 Å². The van der Waals surface area contributed by atoms with Crippen LogP contribution in [-0.2, 0) is 4.79 Å². The summed E-state index contributed by atoms with van der Waals surface area (Å²) in [6, 6.07) is 0. The Morgan fingerprint density at radius 1 is 1.75 bits per heavy atom. The molecule has 12 heavy (non-hydrogen) atoms. The predicted molar refractivity (Wildman–Crippen MR) is 47.3 cm³/mol. The highest BCUT2D eigenvalue weighted by Crippen LogP contribution is 1.97. The topological polar surface area (TPSA) is 49.3 Å². The molecule has 0 radical (unpaired) electrons. The molecule has 0 aromatic rings. The van der Waals surface area contributed by atoms with Crippen LogP contribution in [0.15, 0.2) is 0 Å². The number of hydrogen-bond donors (Lipinski definition) is 2. The van der Waals surface area contributed by atoms with E-state index in [2.05, 4.69) is 11.2 Å². The van der Waals surface area contributed by atoms with Gasteiger partial charge in [-0.25, -0.2) is 0 Å². The molecule has 0 aromatic carbocycles. The van der Waals surface area contributed by atoms with Gasteiger partial charge < -0.3 is 10.4 Å². The first-order valence-corrected chi connectivity index (χ1v) is 4.01. The number of rotatable bonds is 5. The summed E-state index contributed by atoms with van der Waals surface area (Å²) in [5, 5.41) is 11.2. The molecule has 1 amide bonds. The van der Waals surface area contributed by atoms with E-state index in [1.165, 1.54) is 0 Å². The number of nitrogens with one attached hydrogen (secondary N) is 1. The van der Waals surface area contributed by atoms with Crippen molar-refractivity contribution in [2.75, 3.05) is 13.2 Å². The lowest BCUT2D eigenvalue weighted by molar-refractivity contribution is -0.120. The predicted octanol–water partition coefficient (Wildman–Crippen LogP) is 0.144. The minimum atomic E-state index is -0.123. The highest BCUT2D eigenvalue weighted by molar-refractivity contribution is 5.78. The largest absolute Gasteiger partial charge is 0.396 e. The molecular weight excluding hydrogens is 154 g/mol. The maximum Gasteiger partial charge on any atom is 0.232 e. The second kappa shape index (κ2) is 6.68. The van der Waals surface area contributed by atoms with Crippen molar-refractivity contribution in [3.8, 4) is 12.3 Å². The molecule has 1 atom stereocenters. The summed E-state index contributed by atoms with van der Waals surface area (Å²) in [5.41, 5.74) is 0. The van der Waals surface area contributed by atoms with Gasteiger partial charge in [-0.3, -0.25) is 4.79 Å². The van der Waals surface area contributed by atoms with Crippen LogP contribution in [0.2, 0.25) is 0 Å². The van der Waals surface area contributed by atoms with Crippen molar-refractivity contribution >= 4 is 5.91 Å². The van der Waals surface area contributed by atoms with Crippen molar-refractivity contribution in [2.24, 2.45) is 5.92 Å². The second-order valence-corrected chi connectivity index (χ2v) is 2.80. The Balaban J connectivity index is 3.41. The molecule has 0 aliphatic carbocycles. The lowest BCUT2D eigenvalue weighted by atomic mass is 10.1. The van der Waals surface area contributed by atoms with Crippen LogP contribution >= 0.6 is 0 Å². The number of amides is 1. The van der Waals surface area contributed by atoms with Gasteiger partial charge in [0.15, 0.2) is 0 Å². The monoisotopic (exact) mass is 169 g/mol. The number of carbonyl (C=O) groups is 1. The average Bonchev–Trinajstić information content (AvgIpc) is 2.02. The second-order valence-electron chi connectivity index (χ2n) is 2.80. The van der Waals surface area contributed by atoms with E-state index in [0.717, 1.165) is 0 Å². The minimum absolute atomic E-state index is 0.123. The first-order valence-electron chi connectivity index (χ1n) is 4.01. The molecule has 0 bridgehead atoms. The maximum absolute atomic E-state index is 10.8. The van der Waals surface area contributed by atoms with Gasteiger partial charge >= 0.3 is 0 Å². The number of carbonyl (C=O) groups excluding carboxylic acids is 1. The molecule has 2 N–H and O–H groups in total. The normalized spacial score (nSPS) is 11.8. The number of aliphatic hydroxyl groups is 1. The molecular formula is C9H15NO2. The van der Waals surface area contributed by atoms with E-state index in [-0.39, 0.29) is 18.9 Å². The molecule has 0 saturated heterocycles. The Hall–Kier alpha value is -1.01. The van der Waals surface area contributed by atoms with Crippen molar-refractivity contribution < 1.29 is 9.90 Å². The van der Waals surface area contributed by atoms with Crippen molar-refractivity contribution in [3.05, 3.63) is 0 Å². The van der Waals surface area contributed by atoms with Gasteiger partial charge in [-0.1, -0.05) is 12.8 Å². The SMILES string of the molecule is C#CCC(=O)NCC(C)CCO. The van der Waals surface area contributed by atoms with Crippen LogP contribution in [0.5, 0.6) is 0 Å². The van der Waals surface area contributed by atoms with Gasteiger partial charge in [0.05, 0.1) is 6.42 Å². The molecule has 0 aliphatic heterocycles. The molecule has 0 fully saturated rings. The Morgan fingerprint density at radius 3 is 2.92 bits per heavy atom. The summed E-state index contributed by atoms with van der Waals surface area (Å²) in [4.78, 5) is 10.8. The van der Waals surface area contributed by atoms with Gasteiger partial charge in [0.25, 0.3) is 0 Å². The Labute approximate surface area is 73.2 Å². The zero-order valence-corrected chi connectivity index (χ0v) is 7.34. The van der Waals surface area contributed by atoms with Crippen LogP contribution in [0.4, 0.5) is 0 Å². The summed E-state index contributed by atoms with van der Waals surface area (Å²) < 4.78 is 0. The molecule has 0 heterocycles. The molecule has 0 aliphatic rings. The minimum Gasteiger partial charge on any atom is -0.396 e. The quantitative estimate of drug-likeness (QED) is 0.575. The van der Waals surface area contributed by atoms with Crippen molar-refractivity contribution in [3.63, 3.8) is 0 Å².